The van der Waals surface area contributed by atoms with Crippen molar-refractivity contribution in [1.82, 2.24) is 15.5 Å². The normalized spacial score (nSPS) is 11.1. The fourth-order valence-electron chi connectivity index (χ4n) is 2.96. The third-order valence-corrected chi connectivity index (χ3v) is 4.57. The Morgan fingerprint density at radius 3 is 2.60 bits per heavy atom. The number of nitrogens with zero attached hydrogens (tertiary/aromatic N) is 2. The monoisotopic (exact) mass is 412 g/mol. The number of carbonyl (C=O) groups is 1. The second-order valence-corrected chi connectivity index (χ2v) is 7.08. The van der Waals surface area contributed by atoms with E-state index in [0.29, 0.717) is 30.8 Å². The molecule has 0 aliphatic rings. The zero-order chi connectivity index (χ0) is 21.9. The van der Waals surface area contributed by atoms with E-state index >= 15 is 0 Å². The molecule has 0 spiro atoms. The van der Waals surface area contributed by atoms with Crippen LogP contribution in [0.15, 0.2) is 47.5 Å². The predicted molar refractivity (Wildman–Crippen MR) is 121 cm³/mol. The fourth-order valence-corrected chi connectivity index (χ4v) is 2.96. The molecule has 0 bridgehead atoms. The summed E-state index contributed by atoms with van der Waals surface area (Å²) in [4.78, 5) is 18.3. The van der Waals surface area contributed by atoms with E-state index in [-0.39, 0.29) is 11.7 Å². The van der Waals surface area contributed by atoms with E-state index in [0.717, 1.165) is 30.1 Å². The lowest BCUT2D eigenvalue weighted by molar-refractivity contribution is 0.0827. The number of hydrogen-bond donors (Lipinski definition) is 3. The van der Waals surface area contributed by atoms with Crippen molar-refractivity contribution in [2.75, 3.05) is 40.8 Å². The molecule has 0 aromatic heterocycles. The van der Waals surface area contributed by atoms with E-state index in [1.807, 2.05) is 43.3 Å². The van der Waals surface area contributed by atoms with Crippen LogP contribution in [0.1, 0.15) is 28.4 Å². The Bertz CT molecular complexity index is 865. The van der Waals surface area contributed by atoms with Crippen LogP contribution >= 0.6 is 0 Å². The van der Waals surface area contributed by atoms with Gasteiger partial charge in [-0.3, -0.25) is 9.79 Å². The molecular formula is C23H32N4O3. The Balaban J connectivity index is 1.90. The van der Waals surface area contributed by atoms with Gasteiger partial charge in [0.25, 0.3) is 5.91 Å². The van der Waals surface area contributed by atoms with Gasteiger partial charge in [-0.05, 0) is 49.1 Å². The summed E-state index contributed by atoms with van der Waals surface area (Å²) in [6, 6.07) is 13.0. The van der Waals surface area contributed by atoms with Gasteiger partial charge in [0.1, 0.15) is 11.5 Å². The molecule has 30 heavy (non-hydrogen) atoms. The maximum atomic E-state index is 12.1. The van der Waals surface area contributed by atoms with Crippen molar-refractivity contribution in [3.63, 3.8) is 0 Å². The summed E-state index contributed by atoms with van der Waals surface area (Å²) in [5.74, 6) is 1.58. The molecule has 2 rings (SSSR count). The van der Waals surface area contributed by atoms with Gasteiger partial charge in [0.15, 0.2) is 5.96 Å². The number of methoxy groups -OCH3 is 1. The van der Waals surface area contributed by atoms with Crippen LogP contribution in [0.5, 0.6) is 11.5 Å². The van der Waals surface area contributed by atoms with Gasteiger partial charge in [0.05, 0.1) is 7.11 Å². The SMILES string of the molecule is CCNC(=NCCc1ccc(OC)cc1O)NCCc1cccc(C(=O)N(C)C)c1. The van der Waals surface area contributed by atoms with Gasteiger partial charge in [-0.25, -0.2) is 0 Å². The number of rotatable bonds is 9. The van der Waals surface area contributed by atoms with Crippen LogP contribution in [0.3, 0.4) is 0 Å². The molecule has 0 aliphatic carbocycles. The lowest BCUT2D eigenvalue weighted by Gasteiger charge is -2.13. The first kappa shape index (κ1) is 23.1. The molecule has 3 N–H and O–H groups in total. The molecule has 0 atom stereocenters. The van der Waals surface area contributed by atoms with Crippen molar-refractivity contribution >= 4 is 11.9 Å². The number of nitrogens with one attached hydrogen (secondary N) is 2. The van der Waals surface area contributed by atoms with Crippen LogP contribution in [-0.4, -0.2) is 62.7 Å². The third kappa shape index (κ3) is 6.99. The number of aromatic hydroxyl groups is 1. The number of amides is 1. The van der Waals surface area contributed by atoms with Crippen LogP contribution < -0.4 is 15.4 Å². The van der Waals surface area contributed by atoms with Crippen LogP contribution in [0.2, 0.25) is 0 Å². The van der Waals surface area contributed by atoms with Crippen LogP contribution in [0, 0.1) is 0 Å². The molecule has 162 valence electrons. The Labute approximate surface area is 178 Å². The molecule has 7 nitrogen and oxygen atoms in total. The molecule has 0 saturated heterocycles. The zero-order valence-corrected chi connectivity index (χ0v) is 18.2. The highest BCUT2D eigenvalue weighted by Gasteiger charge is 2.08. The standard InChI is InChI=1S/C23H32N4O3/c1-5-24-23(26-14-12-18-9-10-20(30-4)16-21(18)28)25-13-11-17-7-6-8-19(15-17)22(29)27(2)3/h6-10,15-16,28H,5,11-14H2,1-4H3,(H2,24,25,26). The Morgan fingerprint density at radius 1 is 1.13 bits per heavy atom. The highest BCUT2D eigenvalue weighted by molar-refractivity contribution is 5.94. The first-order valence-electron chi connectivity index (χ1n) is 10.1. The van der Waals surface area contributed by atoms with Crippen molar-refractivity contribution < 1.29 is 14.6 Å². The minimum atomic E-state index is 0.00138. The second-order valence-electron chi connectivity index (χ2n) is 7.08. The Morgan fingerprint density at radius 2 is 1.93 bits per heavy atom. The number of aliphatic imine (C=N–C) groups is 1. The highest BCUT2D eigenvalue weighted by atomic mass is 16.5. The number of phenolic OH excluding ortho intramolecular Hbond substituents is 1. The molecule has 0 radical (unpaired) electrons. The maximum absolute atomic E-state index is 12.1. The minimum absolute atomic E-state index is 0.00138. The fraction of sp³-hybridized carbons (Fsp3) is 0.391. The highest BCUT2D eigenvalue weighted by Crippen LogP contribution is 2.23. The Kier molecular flexibility index (Phi) is 9.00. The largest absolute Gasteiger partial charge is 0.508 e. The molecule has 0 saturated carbocycles. The topological polar surface area (TPSA) is 86.2 Å². The van der Waals surface area contributed by atoms with Gasteiger partial charge in [-0.2, -0.15) is 0 Å². The van der Waals surface area contributed by atoms with Gasteiger partial charge >= 0.3 is 0 Å². The Hall–Kier alpha value is -3.22. The first-order valence-corrected chi connectivity index (χ1v) is 10.1. The molecule has 0 heterocycles. The van der Waals surface area contributed by atoms with E-state index < -0.39 is 0 Å². The number of ether oxygens (including phenoxy) is 1. The van der Waals surface area contributed by atoms with Crippen molar-refractivity contribution in [2.24, 2.45) is 4.99 Å². The summed E-state index contributed by atoms with van der Waals surface area (Å²) in [7, 11) is 5.08. The molecule has 2 aromatic carbocycles. The summed E-state index contributed by atoms with van der Waals surface area (Å²) < 4.78 is 5.11. The predicted octanol–water partition coefficient (Wildman–Crippen LogP) is 2.44. The number of hydrogen-bond acceptors (Lipinski definition) is 4. The number of benzene rings is 2. The van der Waals surface area contributed by atoms with Gasteiger partial charge in [0.2, 0.25) is 0 Å². The van der Waals surface area contributed by atoms with E-state index in [1.54, 1.807) is 32.2 Å². The number of carbonyl (C=O) groups excluding carboxylic acids is 1. The van der Waals surface area contributed by atoms with Crippen molar-refractivity contribution in [2.45, 2.75) is 19.8 Å². The van der Waals surface area contributed by atoms with Gasteiger partial charge < -0.3 is 25.4 Å². The summed E-state index contributed by atoms with van der Waals surface area (Å²) in [5.41, 5.74) is 2.62. The molecule has 0 fully saturated rings. The van der Waals surface area contributed by atoms with E-state index in [4.69, 9.17) is 4.74 Å². The average Bonchev–Trinajstić information content (AvgIpc) is 2.74. The number of phenols is 1. The summed E-state index contributed by atoms with van der Waals surface area (Å²) in [6.45, 7) is 4.01. The third-order valence-electron chi connectivity index (χ3n) is 4.57. The van der Waals surface area contributed by atoms with E-state index in [9.17, 15) is 9.90 Å². The number of guanidine groups is 1. The van der Waals surface area contributed by atoms with Crippen molar-refractivity contribution in [3.05, 3.63) is 59.2 Å². The van der Waals surface area contributed by atoms with Gasteiger partial charge in [-0.1, -0.05) is 18.2 Å². The van der Waals surface area contributed by atoms with Crippen LogP contribution in [0.25, 0.3) is 0 Å². The molecule has 1 amide bonds. The van der Waals surface area contributed by atoms with Gasteiger partial charge in [-0.15, -0.1) is 0 Å². The first-order chi connectivity index (χ1) is 14.4. The van der Waals surface area contributed by atoms with Crippen LogP contribution in [0.4, 0.5) is 0 Å². The molecule has 2 aromatic rings. The smallest absolute Gasteiger partial charge is 0.253 e. The summed E-state index contributed by atoms with van der Waals surface area (Å²) >= 11 is 0. The minimum Gasteiger partial charge on any atom is -0.508 e. The maximum Gasteiger partial charge on any atom is 0.253 e. The molecule has 0 aliphatic heterocycles. The quantitative estimate of drug-likeness (QED) is 0.435. The second kappa shape index (κ2) is 11.7. The molecule has 0 unspecified atom stereocenters. The van der Waals surface area contributed by atoms with E-state index in [2.05, 4.69) is 15.6 Å². The summed E-state index contributed by atoms with van der Waals surface area (Å²) in [6.07, 6.45) is 1.40. The zero-order valence-electron chi connectivity index (χ0n) is 18.2. The van der Waals surface area contributed by atoms with Crippen LogP contribution in [-0.2, 0) is 12.8 Å². The average molecular weight is 413 g/mol. The lowest BCUT2D eigenvalue weighted by Crippen LogP contribution is -2.38. The van der Waals surface area contributed by atoms with Gasteiger partial charge in [0, 0.05) is 45.4 Å². The molecule has 7 heteroatoms. The lowest BCUT2D eigenvalue weighted by atomic mass is 10.1. The van der Waals surface area contributed by atoms with Crippen molar-refractivity contribution in [1.29, 1.82) is 0 Å². The van der Waals surface area contributed by atoms with Crippen molar-refractivity contribution in [3.8, 4) is 11.5 Å². The summed E-state index contributed by atoms with van der Waals surface area (Å²) in [5, 5.41) is 16.6. The van der Waals surface area contributed by atoms with E-state index in [1.165, 1.54) is 0 Å². The molecular weight excluding hydrogens is 380 g/mol.